The average molecular weight is 290 g/mol. The maximum absolute atomic E-state index is 11.8. The number of nitrogens with one attached hydrogen (secondary N) is 1. The molecule has 1 unspecified atom stereocenters. The van der Waals surface area contributed by atoms with Crippen molar-refractivity contribution in [3.8, 4) is 0 Å². The van der Waals surface area contributed by atoms with Crippen molar-refractivity contribution >= 4 is 5.91 Å². The van der Waals surface area contributed by atoms with Crippen LogP contribution in [0.5, 0.6) is 0 Å². The van der Waals surface area contributed by atoms with Gasteiger partial charge in [-0.15, -0.1) is 0 Å². The van der Waals surface area contributed by atoms with Crippen molar-refractivity contribution in [3.05, 3.63) is 34.9 Å². The molecule has 0 radical (unpaired) electrons. The van der Waals surface area contributed by atoms with Crippen LogP contribution >= 0.6 is 0 Å². The molecule has 3 nitrogen and oxygen atoms in total. The quantitative estimate of drug-likeness (QED) is 0.683. The smallest absolute Gasteiger partial charge is 0.220 e. The Labute approximate surface area is 129 Å². The Bertz CT molecular complexity index is 441. The van der Waals surface area contributed by atoms with E-state index in [9.17, 15) is 4.79 Å². The third-order valence-corrected chi connectivity index (χ3v) is 3.87. The van der Waals surface area contributed by atoms with Crippen molar-refractivity contribution in [2.24, 2.45) is 5.73 Å². The van der Waals surface area contributed by atoms with Crippen LogP contribution in [0.25, 0.3) is 0 Å². The van der Waals surface area contributed by atoms with Crippen LogP contribution in [0.1, 0.15) is 62.1 Å². The van der Waals surface area contributed by atoms with Gasteiger partial charge in [0.15, 0.2) is 0 Å². The molecule has 0 spiro atoms. The fourth-order valence-corrected chi connectivity index (χ4v) is 2.31. The molecule has 0 saturated heterocycles. The molecule has 0 aromatic heterocycles. The molecule has 0 saturated carbocycles. The average Bonchev–Trinajstić information content (AvgIpc) is 2.43. The van der Waals surface area contributed by atoms with E-state index >= 15 is 0 Å². The van der Waals surface area contributed by atoms with E-state index in [1.165, 1.54) is 29.5 Å². The second kappa shape index (κ2) is 9.56. The molecule has 1 amide bonds. The minimum atomic E-state index is 0.153. The molecule has 1 aromatic rings. The van der Waals surface area contributed by atoms with E-state index in [0.29, 0.717) is 19.0 Å². The highest BCUT2D eigenvalue weighted by Gasteiger charge is 2.02. The van der Waals surface area contributed by atoms with Crippen LogP contribution in [-0.4, -0.2) is 11.9 Å². The Hall–Kier alpha value is -1.35. The predicted octanol–water partition coefficient (Wildman–Crippen LogP) is 3.61. The van der Waals surface area contributed by atoms with Crippen LogP contribution in [0.2, 0.25) is 0 Å². The van der Waals surface area contributed by atoms with Gasteiger partial charge in [0, 0.05) is 19.0 Å². The lowest BCUT2D eigenvalue weighted by Crippen LogP contribution is -2.22. The fraction of sp³-hybridized carbons (Fsp3) is 0.611. The molecule has 0 bridgehead atoms. The topological polar surface area (TPSA) is 55.1 Å². The molecule has 0 aliphatic carbocycles. The molecule has 3 N–H and O–H groups in total. The summed E-state index contributed by atoms with van der Waals surface area (Å²) in [5.41, 5.74) is 9.44. The number of unbranched alkanes of at least 4 members (excludes halogenated alkanes) is 3. The third kappa shape index (κ3) is 7.86. The summed E-state index contributed by atoms with van der Waals surface area (Å²) in [5, 5.41) is 3.00. The van der Waals surface area contributed by atoms with Gasteiger partial charge in [0.25, 0.3) is 0 Å². The fourth-order valence-electron chi connectivity index (χ4n) is 2.31. The summed E-state index contributed by atoms with van der Waals surface area (Å²) < 4.78 is 0. The molecular weight excluding hydrogens is 260 g/mol. The van der Waals surface area contributed by atoms with Gasteiger partial charge in [0.2, 0.25) is 5.91 Å². The summed E-state index contributed by atoms with van der Waals surface area (Å²) in [6.45, 7) is 6.87. The monoisotopic (exact) mass is 290 g/mol. The summed E-state index contributed by atoms with van der Waals surface area (Å²) in [5.74, 6) is 0.153. The second-order valence-electron chi connectivity index (χ2n) is 6.13. The molecule has 1 atom stereocenters. The number of hydrogen-bond acceptors (Lipinski definition) is 2. The molecular formula is C18H30N2O. The van der Waals surface area contributed by atoms with Gasteiger partial charge in [-0.1, -0.05) is 37.5 Å². The highest BCUT2D eigenvalue weighted by atomic mass is 16.1. The lowest BCUT2D eigenvalue weighted by molar-refractivity contribution is -0.121. The Morgan fingerprint density at radius 1 is 1.14 bits per heavy atom. The van der Waals surface area contributed by atoms with Gasteiger partial charge >= 0.3 is 0 Å². The van der Waals surface area contributed by atoms with Gasteiger partial charge in [0.05, 0.1) is 0 Å². The first kappa shape index (κ1) is 17.7. The molecule has 0 aliphatic rings. The van der Waals surface area contributed by atoms with Crippen molar-refractivity contribution < 1.29 is 4.79 Å². The Morgan fingerprint density at radius 2 is 1.86 bits per heavy atom. The van der Waals surface area contributed by atoms with Crippen molar-refractivity contribution in [1.29, 1.82) is 0 Å². The Kier molecular flexibility index (Phi) is 8.06. The van der Waals surface area contributed by atoms with E-state index in [0.717, 1.165) is 19.3 Å². The van der Waals surface area contributed by atoms with Crippen molar-refractivity contribution in [2.45, 2.75) is 71.9 Å². The number of benzene rings is 1. The number of rotatable bonds is 9. The van der Waals surface area contributed by atoms with Crippen molar-refractivity contribution in [1.82, 2.24) is 5.32 Å². The predicted molar refractivity (Wildman–Crippen MR) is 89.1 cm³/mol. The lowest BCUT2D eigenvalue weighted by Gasteiger charge is -2.08. The lowest BCUT2D eigenvalue weighted by atomic mass is 10.1. The summed E-state index contributed by atoms with van der Waals surface area (Å²) in [6.07, 6.45) is 6.14. The molecule has 0 aliphatic heterocycles. The van der Waals surface area contributed by atoms with Gasteiger partial charge in [-0.05, 0) is 50.3 Å². The van der Waals surface area contributed by atoms with Gasteiger partial charge in [-0.2, -0.15) is 0 Å². The Balaban J connectivity index is 2.12. The molecule has 3 heteroatoms. The minimum absolute atomic E-state index is 0.153. The normalized spacial score (nSPS) is 12.2. The van der Waals surface area contributed by atoms with E-state index in [1.807, 2.05) is 6.92 Å². The highest BCUT2D eigenvalue weighted by molar-refractivity contribution is 5.75. The molecule has 1 aromatic carbocycles. The highest BCUT2D eigenvalue weighted by Crippen LogP contribution is 2.10. The number of aryl methyl sites for hydroxylation is 2. The third-order valence-electron chi connectivity index (χ3n) is 3.87. The molecule has 0 heterocycles. The van der Waals surface area contributed by atoms with E-state index in [-0.39, 0.29) is 5.91 Å². The largest absolute Gasteiger partial charge is 0.352 e. The molecule has 1 rings (SSSR count). The zero-order chi connectivity index (χ0) is 15.7. The molecule has 0 fully saturated rings. The van der Waals surface area contributed by atoms with Crippen molar-refractivity contribution in [3.63, 3.8) is 0 Å². The van der Waals surface area contributed by atoms with Crippen LogP contribution in [-0.2, 0) is 11.3 Å². The first-order chi connectivity index (χ1) is 9.99. The van der Waals surface area contributed by atoms with Gasteiger partial charge in [0.1, 0.15) is 0 Å². The first-order valence-electron chi connectivity index (χ1n) is 8.07. The van der Waals surface area contributed by atoms with E-state index in [1.54, 1.807) is 0 Å². The number of amides is 1. The van der Waals surface area contributed by atoms with Gasteiger partial charge in [-0.25, -0.2) is 0 Å². The Morgan fingerprint density at radius 3 is 2.52 bits per heavy atom. The molecule has 118 valence electrons. The SMILES string of the molecule is Cc1ccc(CNC(=O)CCCCCCC(C)N)cc1C. The summed E-state index contributed by atoms with van der Waals surface area (Å²) in [6, 6.07) is 6.63. The standard InChI is InChI=1S/C18H30N2O/c1-14-10-11-17(12-15(14)2)13-20-18(21)9-7-5-4-6-8-16(3)19/h10-12,16H,4-9,13,19H2,1-3H3,(H,20,21). The van der Waals surface area contributed by atoms with Crippen LogP contribution in [0, 0.1) is 13.8 Å². The summed E-state index contributed by atoms with van der Waals surface area (Å²) >= 11 is 0. The number of hydrogen-bond donors (Lipinski definition) is 2. The van der Waals surface area contributed by atoms with Gasteiger partial charge < -0.3 is 11.1 Å². The van der Waals surface area contributed by atoms with Crippen molar-refractivity contribution in [2.75, 3.05) is 0 Å². The van der Waals surface area contributed by atoms with Gasteiger partial charge in [-0.3, -0.25) is 4.79 Å². The zero-order valence-corrected chi connectivity index (χ0v) is 13.7. The number of carbonyl (C=O) groups is 1. The van der Waals surface area contributed by atoms with Crippen LogP contribution < -0.4 is 11.1 Å². The maximum atomic E-state index is 11.8. The van der Waals surface area contributed by atoms with E-state index in [2.05, 4.69) is 37.4 Å². The van der Waals surface area contributed by atoms with Crippen LogP contribution in [0.3, 0.4) is 0 Å². The number of carbonyl (C=O) groups excluding carboxylic acids is 1. The van der Waals surface area contributed by atoms with E-state index in [4.69, 9.17) is 5.73 Å². The second-order valence-corrected chi connectivity index (χ2v) is 6.13. The molecule has 21 heavy (non-hydrogen) atoms. The van der Waals surface area contributed by atoms with Crippen LogP contribution in [0.15, 0.2) is 18.2 Å². The summed E-state index contributed by atoms with van der Waals surface area (Å²) in [4.78, 5) is 11.8. The van der Waals surface area contributed by atoms with Crippen LogP contribution in [0.4, 0.5) is 0 Å². The number of nitrogens with two attached hydrogens (primary N) is 1. The zero-order valence-electron chi connectivity index (χ0n) is 13.7. The van der Waals surface area contributed by atoms with E-state index < -0.39 is 0 Å². The summed E-state index contributed by atoms with van der Waals surface area (Å²) in [7, 11) is 0. The maximum Gasteiger partial charge on any atom is 0.220 e. The minimum Gasteiger partial charge on any atom is -0.352 e. The first-order valence-corrected chi connectivity index (χ1v) is 8.07.